The van der Waals surface area contributed by atoms with E-state index < -0.39 is 0 Å². The van der Waals surface area contributed by atoms with Crippen LogP contribution in [0.1, 0.15) is 21.6 Å². The van der Waals surface area contributed by atoms with Gasteiger partial charge in [0.2, 0.25) is 0 Å². The highest BCUT2D eigenvalue weighted by Gasteiger charge is 2.12. The van der Waals surface area contributed by atoms with E-state index in [0.717, 1.165) is 53.1 Å². The van der Waals surface area contributed by atoms with Gasteiger partial charge in [-0.25, -0.2) is 0 Å². The molecule has 0 unspecified atom stereocenters. The zero-order valence-corrected chi connectivity index (χ0v) is 20.8. The van der Waals surface area contributed by atoms with Crippen molar-refractivity contribution >= 4 is 22.5 Å². The maximum Gasteiger partial charge on any atom is 0.272 e. The summed E-state index contributed by atoms with van der Waals surface area (Å²) in [4.78, 5) is 18.3. The van der Waals surface area contributed by atoms with Crippen molar-refractivity contribution < 1.29 is 19.0 Å². The highest BCUT2D eigenvalue weighted by molar-refractivity contribution is 6.06. The fourth-order valence-electron chi connectivity index (χ4n) is 3.92. The first-order valence-corrected chi connectivity index (χ1v) is 12.0. The molecule has 2 N–H and O–H groups in total. The normalized spacial score (nSPS) is 11.2. The van der Waals surface area contributed by atoms with Crippen LogP contribution in [-0.2, 0) is 22.6 Å². The summed E-state index contributed by atoms with van der Waals surface area (Å²) in [6.45, 7) is 4.29. The van der Waals surface area contributed by atoms with E-state index in [1.165, 1.54) is 0 Å². The Morgan fingerprint density at radius 1 is 0.861 bits per heavy atom. The predicted molar refractivity (Wildman–Crippen MR) is 142 cm³/mol. The van der Waals surface area contributed by atoms with Gasteiger partial charge in [0.15, 0.2) is 0 Å². The molecule has 1 heterocycles. The Morgan fingerprint density at radius 2 is 1.58 bits per heavy atom. The molecule has 1 aromatic heterocycles. The lowest BCUT2D eigenvalue weighted by Gasteiger charge is -2.21. The lowest BCUT2D eigenvalue weighted by atomic mass is 10.2. The second kappa shape index (κ2) is 12.9. The number of carbonyl (C=O) groups is 1. The molecule has 4 rings (SSSR count). The molecule has 0 aliphatic carbocycles. The van der Waals surface area contributed by atoms with E-state index in [4.69, 9.17) is 14.2 Å². The van der Waals surface area contributed by atoms with Crippen molar-refractivity contribution in [1.82, 2.24) is 9.88 Å². The number of aromatic nitrogens is 1. The number of nitrogens with one attached hydrogen (secondary N) is 2. The molecule has 0 saturated carbocycles. The molecule has 0 radical (unpaired) electrons. The number of benzene rings is 3. The zero-order chi connectivity index (χ0) is 25.2. The van der Waals surface area contributed by atoms with Crippen molar-refractivity contribution in [2.75, 3.05) is 45.8 Å². The van der Waals surface area contributed by atoms with Crippen LogP contribution in [0.3, 0.4) is 0 Å². The summed E-state index contributed by atoms with van der Waals surface area (Å²) in [6, 6.07) is 25.6. The smallest absolute Gasteiger partial charge is 0.272 e. The summed E-state index contributed by atoms with van der Waals surface area (Å²) in [5, 5.41) is 3.90. The molecule has 0 fully saturated rings. The third-order valence-electron chi connectivity index (χ3n) is 5.93. The van der Waals surface area contributed by atoms with Gasteiger partial charge in [-0.2, -0.15) is 0 Å². The van der Waals surface area contributed by atoms with E-state index in [-0.39, 0.29) is 5.91 Å². The van der Waals surface area contributed by atoms with Gasteiger partial charge >= 0.3 is 0 Å². The zero-order valence-electron chi connectivity index (χ0n) is 20.8. The lowest BCUT2D eigenvalue weighted by Crippen LogP contribution is -2.30. The summed E-state index contributed by atoms with van der Waals surface area (Å²) >= 11 is 0. The topological polar surface area (TPSA) is 75.8 Å². The van der Waals surface area contributed by atoms with Gasteiger partial charge in [0.25, 0.3) is 5.91 Å². The SMILES string of the molecule is COCCN(CCOC)Cc1ccc(NC(=O)c2cc3cc(OCc4ccccc4)ccc3[nH]2)cc1. The molecule has 0 aliphatic rings. The maximum absolute atomic E-state index is 12.9. The number of aromatic amines is 1. The number of nitrogens with zero attached hydrogens (tertiary/aromatic N) is 1. The predicted octanol–water partition coefficient (Wildman–Crippen LogP) is 5.09. The number of rotatable bonds is 13. The summed E-state index contributed by atoms with van der Waals surface area (Å²) in [5.74, 6) is 0.575. The third kappa shape index (κ3) is 7.18. The quantitative estimate of drug-likeness (QED) is 0.275. The molecule has 36 heavy (non-hydrogen) atoms. The lowest BCUT2D eigenvalue weighted by molar-refractivity contribution is 0.102. The van der Waals surface area contributed by atoms with Crippen molar-refractivity contribution in [2.45, 2.75) is 13.2 Å². The van der Waals surface area contributed by atoms with Crippen molar-refractivity contribution in [3.8, 4) is 5.75 Å². The Kier molecular flexibility index (Phi) is 9.10. The number of anilines is 1. The summed E-state index contributed by atoms with van der Waals surface area (Å²) < 4.78 is 16.3. The second-order valence-electron chi connectivity index (χ2n) is 8.62. The monoisotopic (exact) mass is 487 g/mol. The first-order chi connectivity index (χ1) is 17.6. The Labute approximate surface area is 212 Å². The number of fused-ring (bicyclic) bond motifs is 1. The summed E-state index contributed by atoms with van der Waals surface area (Å²) in [5.41, 5.74) is 4.40. The fraction of sp³-hybridized carbons (Fsp3) is 0.276. The largest absolute Gasteiger partial charge is 0.489 e. The van der Waals surface area contributed by atoms with Crippen molar-refractivity contribution in [3.05, 3.63) is 95.7 Å². The summed E-state index contributed by atoms with van der Waals surface area (Å²) in [7, 11) is 3.41. The van der Waals surface area contributed by atoms with Crippen molar-refractivity contribution in [1.29, 1.82) is 0 Å². The Bertz CT molecular complexity index is 1230. The van der Waals surface area contributed by atoms with Gasteiger partial charge in [-0.05, 0) is 47.5 Å². The van der Waals surface area contributed by atoms with E-state index in [1.807, 2.05) is 78.9 Å². The summed E-state index contributed by atoms with van der Waals surface area (Å²) in [6.07, 6.45) is 0. The van der Waals surface area contributed by atoms with Gasteiger partial charge in [-0.15, -0.1) is 0 Å². The van der Waals surface area contributed by atoms with Gasteiger partial charge in [0.1, 0.15) is 18.1 Å². The first kappa shape index (κ1) is 25.4. The van der Waals surface area contributed by atoms with E-state index in [9.17, 15) is 4.79 Å². The molecule has 0 spiro atoms. The molecule has 7 nitrogen and oxygen atoms in total. The average Bonchev–Trinajstić information content (AvgIpc) is 3.34. The number of ether oxygens (including phenoxy) is 3. The van der Waals surface area contributed by atoms with Crippen LogP contribution in [-0.4, -0.2) is 56.3 Å². The minimum absolute atomic E-state index is 0.187. The minimum Gasteiger partial charge on any atom is -0.489 e. The highest BCUT2D eigenvalue weighted by atomic mass is 16.5. The maximum atomic E-state index is 12.9. The average molecular weight is 488 g/mol. The molecule has 4 aromatic rings. The van der Waals surface area contributed by atoms with Gasteiger partial charge in [0.05, 0.1) is 13.2 Å². The number of methoxy groups -OCH3 is 2. The van der Waals surface area contributed by atoms with Gasteiger partial charge in [-0.1, -0.05) is 42.5 Å². The van der Waals surface area contributed by atoms with Crippen LogP contribution in [0.15, 0.2) is 78.9 Å². The second-order valence-corrected chi connectivity index (χ2v) is 8.62. The van der Waals surface area contributed by atoms with Gasteiger partial charge in [-0.3, -0.25) is 9.69 Å². The minimum atomic E-state index is -0.187. The van der Waals surface area contributed by atoms with Crippen molar-refractivity contribution in [3.63, 3.8) is 0 Å². The van der Waals surface area contributed by atoms with Crippen molar-refractivity contribution in [2.24, 2.45) is 0 Å². The van der Waals surface area contributed by atoms with Crippen LogP contribution in [0.2, 0.25) is 0 Å². The molecular weight excluding hydrogens is 454 g/mol. The van der Waals surface area contributed by atoms with Crippen LogP contribution in [0.5, 0.6) is 5.75 Å². The standard InChI is InChI=1S/C29H33N3O4/c1-34-16-14-32(15-17-35-2)20-22-8-10-25(11-9-22)30-29(33)28-19-24-18-26(12-13-27(24)31-28)36-21-23-6-4-3-5-7-23/h3-13,18-19,31H,14-17,20-21H2,1-2H3,(H,30,33). The molecule has 0 saturated heterocycles. The fourth-order valence-corrected chi connectivity index (χ4v) is 3.92. The van der Waals surface area contributed by atoms with E-state index in [0.29, 0.717) is 25.5 Å². The third-order valence-corrected chi connectivity index (χ3v) is 5.93. The Balaban J connectivity index is 1.35. The molecule has 3 aromatic carbocycles. The first-order valence-electron chi connectivity index (χ1n) is 12.0. The molecule has 1 amide bonds. The molecule has 0 aliphatic heterocycles. The number of hydrogen-bond acceptors (Lipinski definition) is 5. The van der Waals surface area contributed by atoms with E-state index >= 15 is 0 Å². The van der Waals surface area contributed by atoms with Crippen LogP contribution < -0.4 is 10.1 Å². The number of amides is 1. The van der Waals surface area contributed by atoms with Crippen LogP contribution >= 0.6 is 0 Å². The molecule has 7 heteroatoms. The number of carbonyl (C=O) groups excluding carboxylic acids is 1. The Morgan fingerprint density at radius 3 is 2.28 bits per heavy atom. The molecule has 0 atom stereocenters. The van der Waals surface area contributed by atoms with E-state index in [2.05, 4.69) is 15.2 Å². The Hall–Kier alpha value is -3.65. The highest BCUT2D eigenvalue weighted by Crippen LogP contribution is 2.23. The van der Waals surface area contributed by atoms with Gasteiger partial charge < -0.3 is 24.5 Å². The number of hydrogen-bond donors (Lipinski definition) is 2. The molecule has 0 bridgehead atoms. The van der Waals surface area contributed by atoms with Crippen LogP contribution in [0.25, 0.3) is 10.9 Å². The van der Waals surface area contributed by atoms with Gasteiger partial charge in [0, 0.05) is 50.4 Å². The molecule has 188 valence electrons. The number of H-pyrrole nitrogens is 1. The van der Waals surface area contributed by atoms with Crippen LogP contribution in [0.4, 0.5) is 5.69 Å². The van der Waals surface area contributed by atoms with Crippen LogP contribution in [0, 0.1) is 0 Å². The van der Waals surface area contributed by atoms with E-state index in [1.54, 1.807) is 14.2 Å². The molecular formula is C29H33N3O4.